The maximum Gasteiger partial charge on any atom is 0.134 e. The van der Waals surface area contributed by atoms with Crippen LogP contribution in [0.3, 0.4) is 0 Å². The molecule has 1 unspecified atom stereocenters. The molecule has 5 heteroatoms. The van der Waals surface area contributed by atoms with Crippen LogP contribution in [0.5, 0.6) is 0 Å². The van der Waals surface area contributed by atoms with E-state index in [-0.39, 0.29) is 12.6 Å². The monoisotopic (exact) mass is 250 g/mol. The highest BCUT2D eigenvalue weighted by Crippen LogP contribution is 2.25. The quantitative estimate of drug-likeness (QED) is 0.873. The van der Waals surface area contributed by atoms with Crippen LogP contribution in [0.1, 0.15) is 25.1 Å². The standard InChI is InChI=1S/C13H22N4O/c1-10-14-12(16(2)3)8-13(15-10)17-7-5-4-6-11(17)9-18/h8,11,18H,4-7,9H2,1-3H3. The number of aryl methyl sites for hydroxylation is 1. The number of rotatable bonds is 3. The number of piperidine rings is 1. The van der Waals surface area contributed by atoms with Gasteiger partial charge in [-0.2, -0.15) is 0 Å². The fourth-order valence-corrected chi connectivity index (χ4v) is 2.40. The predicted octanol–water partition coefficient (Wildman–Crippen LogP) is 1.20. The number of aliphatic hydroxyl groups is 1. The molecule has 1 aromatic heterocycles. The maximum absolute atomic E-state index is 9.48. The van der Waals surface area contributed by atoms with Crippen LogP contribution in [0.15, 0.2) is 6.07 Å². The molecule has 0 aromatic carbocycles. The molecule has 1 aliphatic heterocycles. The first-order chi connectivity index (χ1) is 8.61. The second-order valence-electron chi connectivity index (χ2n) is 5.05. The van der Waals surface area contributed by atoms with Gasteiger partial charge in [0.2, 0.25) is 0 Å². The Bertz CT molecular complexity index is 408. The van der Waals surface area contributed by atoms with E-state index in [9.17, 15) is 5.11 Å². The van der Waals surface area contributed by atoms with Crippen molar-refractivity contribution in [3.05, 3.63) is 11.9 Å². The van der Waals surface area contributed by atoms with Gasteiger partial charge in [0.1, 0.15) is 17.5 Å². The van der Waals surface area contributed by atoms with Gasteiger partial charge >= 0.3 is 0 Å². The number of aromatic nitrogens is 2. The van der Waals surface area contributed by atoms with Crippen molar-refractivity contribution >= 4 is 11.6 Å². The Balaban J connectivity index is 2.30. The van der Waals surface area contributed by atoms with Gasteiger partial charge in [0.15, 0.2) is 0 Å². The molecule has 0 amide bonds. The normalized spacial score (nSPS) is 20.0. The first-order valence-corrected chi connectivity index (χ1v) is 6.52. The summed E-state index contributed by atoms with van der Waals surface area (Å²) in [5.41, 5.74) is 0. The smallest absolute Gasteiger partial charge is 0.134 e. The number of anilines is 2. The van der Waals surface area contributed by atoms with Crippen molar-refractivity contribution in [2.45, 2.75) is 32.2 Å². The van der Waals surface area contributed by atoms with E-state index >= 15 is 0 Å². The molecule has 1 saturated heterocycles. The fraction of sp³-hybridized carbons (Fsp3) is 0.692. The second kappa shape index (κ2) is 5.52. The van der Waals surface area contributed by atoms with Crippen molar-refractivity contribution in [1.29, 1.82) is 0 Å². The largest absolute Gasteiger partial charge is 0.394 e. The van der Waals surface area contributed by atoms with E-state index in [2.05, 4.69) is 14.9 Å². The molecule has 100 valence electrons. The summed E-state index contributed by atoms with van der Waals surface area (Å²) in [7, 11) is 3.95. The minimum atomic E-state index is 0.195. The maximum atomic E-state index is 9.48. The van der Waals surface area contributed by atoms with E-state index in [1.165, 1.54) is 6.42 Å². The lowest BCUT2D eigenvalue weighted by Gasteiger charge is -2.36. The van der Waals surface area contributed by atoms with E-state index in [1.54, 1.807) is 0 Å². The summed E-state index contributed by atoms with van der Waals surface area (Å²) in [6, 6.07) is 2.20. The van der Waals surface area contributed by atoms with Gasteiger partial charge < -0.3 is 14.9 Å². The van der Waals surface area contributed by atoms with Crippen LogP contribution in [0, 0.1) is 6.92 Å². The van der Waals surface area contributed by atoms with Crippen molar-refractivity contribution < 1.29 is 5.11 Å². The Kier molecular flexibility index (Phi) is 4.01. The minimum absolute atomic E-state index is 0.195. The Labute approximate surface area is 108 Å². The zero-order valence-corrected chi connectivity index (χ0v) is 11.4. The van der Waals surface area contributed by atoms with Gasteiger partial charge in [-0.05, 0) is 26.2 Å². The third kappa shape index (κ3) is 2.72. The number of hydrogen-bond donors (Lipinski definition) is 1. The van der Waals surface area contributed by atoms with Crippen LogP contribution in [0.2, 0.25) is 0 Å². The van der Waals surface area contributed by atoms with Gasteiger partial charge in [0.05, 0.1) is 12.6 Å². The topological polar surface area (TPSA) is 52.5 Å². The van der Waals surface area contributed by atoms with Gasteiger partial charge in [-0.1, -0.05) is 0 Å². The zero-order valence-electron chi connectivity index (χ0n) is 11.4. The van der Waals surface area contributed by atoms with Crippen LogP contribution >= 0.6 is 0 Å². The fourth-order valence-electron chi connectivity index (χ4n) is 2.40. The zero-order chi connectivity index (χ0) is 13.1. The lowest BCUT2D eigenvalue weighted by Crippen LogP contribution is -2.42. The summed E-state index contributed by atoms with van der Waals surface area (Å²) in [6.07, 6.45) is 3.39. The van der Waals surface area contributed by atoms with Crippen LogP contribution < -0.4 is 9.80 Å². The molecule has 1 aromatic rings. The molecule has 0 spiro atoms. The lowest BCUT2D eigenvalue weighted by atomic mass is 10.0. The van der Waals surface area contributed by atoms with E-state index < -0.39 is 0 Å². The number of hydrogen-bond acceptors (Lipinski definition) is 5. The summed E-state index contributed by atoms with van der Waals surface area (Å²) in [5.74, 6) is 2.63. The van der Waals surface area contributed by atoms with E-state index in [0.29, 0.717) is 0 Å². The number of aliphatic hydroxyl groups excluding tert-OH is 1. The SMILES string of the molecule is Cc1nc(N(C)C)cc(N2CCCCC2CO)n1. The third-order valence-electron chi connectivity index (χ3n) is 3.40. The van der Waals surface area contributed by atoms with Crippen molar-refractivity contribution in [3.63, 3.8) is 0 Å². The van der Waals surface area contributed by atoms with Gasteiger partial charge in [0, 0.05) is 26.7 Å². The Morgan fingerprint density at radius 3 is 2.83 bits per heavy atom. The first-order valence-electron chi connectivity index (χ1n) is 6.52. The highest BCUT2D eigenvalue weighted by molar-refractivity contribution is 5.51. The van der Waals surface area contributed by atoms with Crippen molar-refractivity contribution in [3.8, 4) is 0 Å². The molecule has 0 saturated carbocycles. The molecule has 0 bridgehead atoms. The molecule has 0 aliphatic carbocycles. The third-order valence-corrected chi connectivity index (χ3v) is 3.40. The summed E-state index contributed by atoms with van der Waals surface area (Å²) in [5, 5.41) is 9.48. The highest BCUT2D eigenvalue weighted by Gasteiger charge is 2.23. The predicted molar refractivity (Wildman–Crippen MR) is 73.2 cm³/mol. The molecule has 1 fully saturated rings. The first kappa shape index (κ1) is 13.1. The molecule has 18 heavy (non-hydrogen) atoms. The molecule has 5 nitrogen and oxygen atoms in total. The van der Waals surface area contributed by atoms with Crippen molar-refractivity contribution in [2.24, 2.45) is 0 Å². The van der Waals surface area contributed by atoms with Gasteiger partial charge in [-0.15, -0.1) is 0 Å². The lowest BCUT2D eigenvalue weighted by molar-refractivity contribution is 0.239. The van der Waals surface area contributed by atoms with Gasteiger partial charge in [-0.25, -0.2) is 9.97 Å². The average Bonchev–Trinajstić information content (AvgIpc) is 2.38. The summed E-state index contributed by atoms with van der Waals surface area (Å²) >= 11 is 0. The van der Waals surface area contributed by atoms with Crippen molar-refractivity contribution in [2.75, 3.05) is 37.0 Å². The van der Waals surface area contributed by atoms with Crippen LogP contribution in [0.25, 0.3) is 0 Å². The van der Waals surface area contributed by atoms with Crippen LogP contribution in [-0.4, -0.2) is 48.4 Å². The molecule has 1 aliphatic rings. The Hall–Kier alpha value is -1.36. The average molecular weight is 250 g/mol. The molecular formula is C13H22N4O. The van der Waals surface area contributed by atoms with Gasteiger partial charge in [0.25, 0.3) is 0 Å². The molecule has 0 radical (unpaired) electrons. The molecule has 2 heterocycles. The highest BCUT2D eigenvalue weighted by atomic mass is 16.3. The van der Waals surface area contributed by atoms with Gasteiger partial charge in [-0.3, -0.25) is 0 Å². The number of nitrogens with zero attached hydrogens (tertiary/aromatic N) is 4. The molecule has 1 N–H and O–H groups in total. The summed E-state index contributed by atoms with van der Waals surface area (Å²) in [4.78, 5) is 13.1. The summed E-state index contributed by atoms with van der Waals surface area (Å²) in [6.45, 7) is 3.07. The van der Waals surface area contributed by atoms with E-state index in [4.69, 9.17) is 0 Å². The molecular weight excluding hydrogens is 228 g/mol. The van der Waals surface area contributed by atoms with Crippen LogP contribution in [-0.2, 0) is 0 Å². The Morgan fingerprint density at radius 1 is 1.39 bits per heavy atom. The van der Waals surface area contributed by atoms with Crippen molar-refractivity contribution in [1.82, 2.24) is 9.97 Å². The van der Waals surface area contributed by atoms with E-state index in [1.807, 2.05) is 32.0 Å². The summed E-state index contributed by atoms with van der Waals surface area (Å²) < 4.78 is 0. The molecule has 2 rings (SSSR count). The van der Waals surface area contributed by atoms with Crippen LogP contribution in [0.4, 0.5) is 11.6 Å². The Morgan fingerprint density at radius 2 is 2.17 bits per heavy atom. The molecule has 1 atom stereocenters. The van der Waals surface area contributed by atoms with E-state index in [0.717, 1.165) is 36.8 Å². The second-order valence-corrected chi connectivity index (χ2v) is 5.05. The minimum Gasteiger partial charge on any atom is -0.394 e.